The maximum atomic E-state index is 14.4. The molecule has 2 bridgehead atoms. The van der Waals surface area contributed by atoms with Gasteiger partial charge in [-0.05, 0) is 68.6 Å². The van der Waals surface area contributed by atoms with Crippen LogP contribution < -0.4 is 16.3 Å². The second kappa shape index (κ2) is 11.9. The average molecular weight is 610 g/mol. The van der Waals surface area contributed by atoms with Crippen molar-refractivity contribution >= 4 is 29.4 Å². The molecule has 1 saturated heterocycles. The Labute approximate surface area is 248 Å². The van der Waals surface area contributed by atoms with Crippen molar-refractivity contribution in [1.82, 2.24) is 14.8 Å². The number of carboxylic acid groups (broad SMARTS) is 1. The molecule has 4 fully saturated rings. The number of carbonyl (C=O) groups is 3. The molecule has 5 aliphatic rings. The number of alkyl halides is 2. The fourth-order valence-electron chi connectivity index (χ4n) is 7.45. The van der Waals surface area contributed by atoms with Gasteiger partial charge < -0.3 is 30.4 Å². The van der Waals surface area contributed by atoms with Crippen LogP contribution in [-0.4, -0.2) is 77.4 Å². The first-order valence-electron chi connectivity index (χ1n) is 14.5. The van der Waals surface area contributed by atoms with E-state index >= 15 is 0 Å². The number of rotatable bonds is 9. The highest BCUT2D eigenvalue weighted by atomic mass is 35.5. The fraction of sp³-hybridized carbons (Fsp3) is 0.621. The predicted molar refractivity (Wildman–Crippen MR) is 150 cm³/mol. The highest BCUT2D eigenvalue weighted by Gasteiger charge is 2.57. The molecule has 0 radical (unpaired) electrons. The van der Waals surface area contributed by atoms with Crippen molar-refractivity contribution in [3.05, 3.63) is 39.7 Å². The Hall–Kier alpha value is -3.12. The van der Waals surface area contributed by atoms with Crippen LogP contribution >= 0.6 is 11.6 Å². The van der Waals surface area contributed by atoms with Crippen LogP contribution in [0.25, 0.3) is 0 Å². The third-order valence-electron chi connectivity index (χ3n) is 9.68. The SMILES string of the molecule is CN(N)/C(=C(\N)COc1ccc(Cl)c2c1C(CN1CCCC1=O)N(C(=O)C1CC3CCC1(C(=O)O)CC3)CC2)C(F)F. The molecule has 230 valence electrons. The lowest BCUT2D eigenvalue weighted by atomic mass is 9.54. The lowest BCUT2D eigenvalue weighted by Crippen LogP contribution is -2.56. The van der Waals surface area contributed by atoms with Gasteiger partial charge in [0.2, 0.25) is 11.8 Å². The van der Waals surface area contributed by atoms with E-state index in [0.717, 1.165) is 23.4 Å². The molecule has 3 saturated carbocycles. The maximum Gasteiger partial charge on any atom is 0.310 e. The first-order chi connectivity index (χ1) is 19.9. The van der Waals surface area contributed by atoms with Gasteiger partial charge in [-0.15, -0.1) is 0 Å². The van der Waals surface area contributed by atoms with Gasteiger partial charge in [0.25, 0.3) is 6.43 Å². The van der Waals surface area contributed by atoms with E-state index in [1.165, 1.54) is 7.05 Å². The molecule has 2 heterocycles. The molecule has 1 aromatic carbocycles. The zero-order valence-corrected chi connectivity index (χ0v) is 24.4. The third-order valence-corrected chi connectivity index (χ3v) is 10.0. The van der Waals surface area contributed by atoms with Crippen molar-refractivity contribution in [3.63, 3.8) is 0 Å². The molecule has 3 aliphatic carbocycles. The van der Waals surface area contributed by atoms with Crippen molar-refractivity contribution in [3.8, 4) is 5.75 Å². The van der Waals surface area contributed by atoms with Crippen LogP contribution in [0.1, 0.15) is 62.1 Å². The van der Waals surface area contributed by atoms with E-state index in [1.54, 1.807) is 21.9 Å². The molecule has 42 heavy (non-hydrogen) atoms. The number of fused-ring (bicyclic) bond motifs is 4. The molecular formula is C29H38ClF2N5O5. The first-order valence-corrected chi connectivity index (χ1v) is 14.8. The van der Waals surface area contributed by atoms with Crippen LogP contribution in [0.5, 0.6) is 5.75 Å². The number of hydrogen-bond donors (Lipinski definition) is 3. The molecule has 13 heteroatoms. The molecule has 2 aliphatic heterocycles. The van der Waals surface area contributed by atoms with E-state index in [9.17, 15) is 28.3 Å². The first kappa shape index (κ1) is 30.3. The summed E-state index contributed by atoms with van der Waals surface area (Å²) < 4.78 is 33.2. The van der Waals surface area contributed by atoms with Crippen LogP contribution in [-0.2, 0) is 20.8 Å². The molecule has 1 aromatic rings. The summed E-state index contributed by atoms with van der Waals surface area (Å²) in [5.41, 5.74) is 5.35. The number of likely N-dealkylation sites (tertiary alicyclic amines) is 1. The van der Waals surface area contributed by atoms with Crippen molar-refractivity contribution in [2.24, 2.45) is 28.8 Å². The van der Waals surface area contributed by atoms with Crippen molar-refractivity contribution in [1.29, 1.82) is 0 Å². The Morgan fingerprint density at radius 2 is 1.95 bits per heavy atom. The summed E-state index contributed by atoms with van der Waals surface area (Å²) in [6.45, 7) is 0.618. The lowest BCUT2D eigenvalue weighted by molar-refractivity contribution is -0.171. The van der Waals surface area contributed by atoms with E-state index in [-0.39, 0.29) is 24.1 Å². The number of halogens is 3. The van der Waals surface area contributed by atoms with Crippen LogP contribution in [0.4, 0.5) is 8.78 Å². The van der Waals surface area contributed by atoms with Gasteiger partial charge in [-0.3, -0.25) is 14.4 Å². The molecule has 0 spiro atoms. The number of nitrogens with zero attached hydrogens (tertiary/aromatic N) is 3. The number of benzene rings is 1. The summed E-state index contributed by atoms with van der Waals surface area (Å²) in [5.74, 6) is 4.31. The van der Waals surface area contributed by atoms with Gasteiger partial charge in [-0.2, -0.15) is 0 Å². The minimum atomic E-state index is -2.92. The molecule has 6 rings (SSSR count). The molecular weight excluding hydrogens is 572 g/mol. The van der Waals surface area contributed by atoms with Gasteiger partial charge in [0.1, 0.15) is 18.1 Å². The Bertz CT molecular complexity index is 1270. The zero-order chi connectivity index (χ0) is 30.3. The van der Waals surface area contributed by atoms with Gasteiger partial charge in [0.15, 0.2) is 0 Å². The second-order valence-corrected chi connectivity index (χ2v) is 12.4. The van der Waals surface area contributed by atoms with E-state index in [1.807, 2.05) is 0 Å². The topological polar surface area (TPSA) is 142 Å². The smallest absolute Gasteiger partial charge is 0.310 e. The summed E-state index contributed by atoms with van der Waals surface area (Å²) >= 11 is 6.64. The van der Waals surface area contributed by atoms with Crippen LogP contribution in [0.3, 0.4) is 0 Å². The molecule has 2 unspecified atom stereocenters. The van der Waals surface area contributed by atoms with E-state index in [4.69, 9.17) is 27.9 Å². The van der Waals surface area contributed by atoms with Gasteiger partial charge in [-0.1, -0.05) is 11.6 Å². The Balaban J connectivity index is 1.53. The molecule has 2 atom stereocenters. The Morgan fingerprint density at radius 3 is 2.55 bits per heavy atom. The summed E-state index contributed by atoms with van der Waals surface area (Å²) in [4.78, 5) is 43.1. The number of ether oxygens (including phenoxy) is 1. The fourth-order valence-corrected chi connectivity index (χ4v) is 7.71. The third kappa shape index (κ3) is 5.39. The minimum absolute atomic E-state index is 0.0301. The Kier molecular flexibility index (Phi) is 8.58. The normalized spacial score (nSPS) is 27.7. The monoisotopic (exact) mass is 609 g/mol. The lowest BCUT2D eigenvalue weighted by Gasteiger charge is -2.51. The molecule has 5 N–H and O–H groups in total. The van der Waals surface area contributed by atoms with Crippen LogP contribution in [0.2, 0.25) is 5.02 Å². The molecule has 0 aromatic heterocycles. The van der Waals surface area contributed by atoms with E-state index in [0.29, 0.717) is 73.9 Å². The largest absolute Gasteiger partial charge is 0.487 e. The number of amides is 2. The van der Waals surface area contributed by atoms with Gasteiger partial charge in [0, 0.05) is 43.7 Å². The number of carboxylic acids is 1. The Morgan fingerprint density at radius 1 is 1.24 bits per heavy atom. The van der Waals surface area contributed by atoms with Crippen molar-refractivity contribution < 1.29 is 33.0 Å². The number of hydrogen-bond acceptors (Lipinski definition) is 7. The summed E-state index contributed by atoms with van der Waals surface area (Å²) in [5, 5.41) is 11.5. The summed E-state index contributed by atoms with van der Waals surface area (Å²) in [7, 11) is 1.26. The molecule has 10 nitrogen and oxygen atoms in total. The van der Waals surface area contributed by atoms with Gasteiger partial charge in [-0.25, -0.2) is 14.6 Å². The van der Waals surface area contributed by atoms with Crippen LogP contribution in [0, 0.1) is 17.3 Å². The highest BCUT2D eigenvalue weighted by molar-refractivity contribution is 6.31. The second-order valence-electron chi connectivity index (χ2n) is 12.0. The van der Waals surface area contributed by atoms with Crippen molar-refractivity contribution in [2.75, 3.05) is 33.3 Å². The van der Waals surface area contributed by atoms with Crippen molar-refractivity contribution in [2.45, 2.75) is 63.8 Å². The van der Waals surface area contributed by atoms with E-state index < -0.39 is 42.1 Å². The minimum Gasteiger partial charge on any atom is -0.487 e. The number of nitrogens with two attached hydrogens (primary N) is 2. The van der Waals surface area contributed by atoms with Crippen LogP contribution in [0.15, 0.2) is 23.5 Å². The summed E-state index contributed by atoms with van der Waals surface area (Å²) in [6.07, 6.45) is 1.62. The quantitative estimate of drug-likeness (QED) is 0.286. The maximum absolute atomic E-state index is 14.4. The number of aliphatic carboxylic acids is 1. The summed E-state index contributed by atoms with van der Waals surface area (Å²) in [6, 6.07) is 2.59. The predicted octanol–water partition coefficient (Wildman–Crippen LogP) is 3.29. The standard InChI is InChI=1S/C29H38ClF2N5O5/c1-35(34)25(26(31)32)20(33)15-42-22-5-4-19(30)17-8-12-37(21(24(17)22)14-36-11-2-3-23(36)38)27(39)18-13-16-6-9-29(18,10-7-16)28(40)41/h4-5,16,18,21,26H,2-3,6-15,33-34H2,1H3,(H,40,41)/b25-20-. The zero-order valence-electron chi connectivity index (χ0n) is 23.7. The van der Waals surface area contributed by atoms with Gasteiger partial charge in [0.05, 0.1) is 23.1 Å². The number of carbonyl (C=O) groups excluding carboxylic acids is 2. The van der Waals surface area contributed by atoms with E-state index in [2.05, 4.69) is 0 Å². The number of allylic oxidation sites excluding steroid dienone is 1. The van der Waals surface area contributed by atoms with Gasteiger partial charge >= 0.3 is 5.97 Å². The average Bonchev–Trinajstić information content (AvgIpc) is 3.36. The number of hydrazine groups is 1. The molecule has 2 amide bonds. The highest BCUT2D eigenvalue weighted by Crippen LogP contribution is 2.55.